The molecule has 0 aliphatic carbocycles. The van der Waals surface area contributed by atoms with E-state index < -0.39 is 10.0 Å². The molecule has 0 bridgehead atoms. The quantitative estimate of drug-likeness (QED) is 0.382. The highest BCUT2D eigenvalue weighted by Crippen LogP contribution is 2.35. The van der Waals surface area contributed by atoms with Gasteiger partial charge in [0.2, 0.25) is 10.0 Å². The van der Waals surface area contributed by atoms with E-state index in [0.29, 0.717) is 11.5 Å². The number of aromatic nitrogens is 1. The van der Waals surface area contributed by atoms with Crippen LogP contribution in [0.4, 0.5) is 0 Å². The minimum Gasteiger partial charge on any atom is -0.495 e. The van der Waals surface area contributed by atoms with Crippen LogP contribution < -0.4 is 9.47 Å². The van der Waals surface area contributed by atoms with Crippen molar-refractivity contribution in [3.8, 4) is 11.5 Å². The number of esters is 1. The molecule has 0 saturated carbocycles. The fourth-order valence-electron chi connectivity index (χ4n) is 4.74. The second-order valence-electron chi connectivity index (χ2n) is 9.47. The van der Waals surface area contributed by atoms with E-state index in [1.165, 1.54) is 4.31 Å². The Hall–Kier alpha value is -3.43. The third kappa shape index (κ3) is 5.84. The Morgan fingerprint density at radius 2 is 1.95 bits per heavy atom. The molecule has 0 spiro atoms. The first kappa shape index (κ1) is 27.6. The van der Waals surface area contributed by atoms with Crippen LogP contribution in [0.1, 0.15) is 54.1 Å². The highest BCUT2D eigenvalue weighted by Gasteiger charge is 2.33. The molecule has 9 heteroatoms. The molecule has 0 amide bonds. The summed E-state index contributed by atoms with van der Waals surface area (Å²) in [5.41, 5.74) is 4.30. The van der Waals surface area contributed by atoms with E-state index >= 15 is 0 Å². The van der Waals surface area contributed by atoms with Crippen LogP contribution in [0, 0.1) is 13.8 Å². The standard InChI is InChI=1S/C29H34N2O6S/c1-6-36-29(32)15-26(25-14-24(35-5)16-30-21(25)4)22-12-11-19(2)23(13-22)18-31-17-20(3)37-27-9-7-8-10-28(27)38(31,33)34/h7-14,16,20,26H,6,15,17-18H2,1-5H3/t20-,26?/m1/s1. The molecule has 3 aromatic rings. The zero-order valence-electron chi connectivity index (χ0n) is 22.4. The molecule has 4 rings (SSSR count). The Morgan fingerprint density at radius 3 is 2.68 bits per heavy atom. The Balaban J connectivity index is 1.75. The lowest BCUT2D eigenvalue weighted by Crippen LogP contribution is -2.35. The predicted octanol–water partition coefficient (Wildman–Crippen LogP) is 4.76. The van der Waals surface area contributed by atoms with E-state index in [1.807, 2.05) is 45.0 Å². The number of hydrogen-bond acceptors (Lipinski definition) is 7. The minimum absolute atomic E-state index is 0.117. The summed E-state index contributed by atoms with van der Waals surface area (Å²) >= 11 is 0. The molecule has 2 aromatic carbocycles. The fourth-order valence-corrected chi connectivity index (χ4v) is 6.36. The molecule has 0 fully saturated rings. The van der Waals surface area contributed by atoms with Crippen molar-refractivity contribution in [2.45, 2.75) is 57.6 Å². The van der Waals surface area contributed by atoms with Crippen LogP contribution in [0.15, 0.2) is 59.6 Å². The Kier molecular flexibility index (Phi) is 8.38. The van der Waals surface area contributed by atoms with Crippen molar-refractivity contribution in [2.24, 2.45) is 0 Å². The molecule has 0 N–H and O–H groups in total. The average molecular weight is 539 g/mol. The van der Waals surface area contributed by atoms with Gasteiger partial charge in [0.15, 0.2) is 0 Å². The van der Waals surface area contributed by atoms with Crippen molar-refractivity contribution in [2.75, 3.05) is 20.3 Å². The number of rotatable bonds is 8. The van der Waals surface area contributed by atoms with Gasteiger partial charge in [-0.05, 0) is 68.1 Å². The van der Waals surface area contributed by atoms with E-state index in [1.54, 1.807) is 44.5 Å². The van der Waals surface area contributed by atoms with Gasteiger partial charge in [-0.1, -0.05) is 30.3 Å². The normalized spacial score (nSPS) is 17.6. The summed E-state index contributed by atoms with van der Waals surface area (Å²) in [6.45, 7) is 8.16. The molecule has 2 atom stereocenters. The Morgan fingerprint density at radius 1 is 1.18 bits per heavy atom. The van der Waals surface area contributed by atoms with Crippen molar-refractivity contribution in [3.05, 3.63) is 82.7 Å². The smallest absolute Gasteiger partial charge is 0.306 e. The molecule has 1 unspecified atom stereocenters. The lowest BCUT2D eigenvalue weighted by Gasteiger charge is -2.24. The minimum atomic E-state index is -3.79. The SMILES string of the molecule is CCOC(=O)CC(c1ccc(C)c(CN2C[C@@H](C)Oc3ccccc3S2(=O)=O)c1)c1cc(OC)cnc1C. The van der Waals surface area contributed by atoms with E-state index in [-0.39, 0.29) is 49.0 Å². The maximum absolute atomic E-state index is 13.6. The van der Waals surface area contributed by atoms with Crippen LogP contribution in [-0.4, -0.2) is 50.0 Å². The number of para-hydroxylation sites is 1. The largest absolute Gasteiger partial charge is 0.495 e. The number of nitrogens with zero attached hydrogens (tertiary/aromatic N) is 2. The van der Waals surface area contributed by atoms with Crippen molar-refractivity contribution < 1.29 is 27.4 Å². The molecule has 8 nitrogen and oxygen atoms in total. The average Bonchev–Trinajstić information content (AvgIpc) is 2.98. The van der Waals surface area contributed by atoms with Crippen molar-refractivity contribution >= 4 is 16.0 Å². The second kappa shape index (κ2) is 11.5. The van der Waals surface area contributed by atoms with Gasteiger partial charge in [0.1, 0.15) is 22.5 Å². The zero-order chi connectivity index (χ0) is 27.4. The number of sulfonamides is 1. The molecule has 0 saturated heterocycles. The van der Waals surface area contributed by atoms with Crippen LogP contribution in [0.2, 0.25) is 0 Å². The van der Waals surface area contributed by atoms with E-state index in [0.717, 1.165) is 27.9 Å². The summed E-state index contributed by atoms with van der Waals surface area (Å²) in [5.74, 6) is 0.290. The summed E-state index contributed by atoms with van der Waals surface area (Å²) in [4.78, 5) is 17.3. The highest BCUT2D eigenvalue weighted by atomic mass is 32.2. The molecule has 0 radical (unpaired) electrons. The van der Waals surface area contributed by atoms with Gasteiger partial charge in [0, 0.05) is 18.2 Å². The monoisotopic (exact) mass is 538 g/mol. The summed E-state index contributed by atoms with van der Waals surface area (Å²) in [5, 5.41) is 0. The fraction of sp³-hybridized carbons (Fsp3) is 0.379. The van der Waals surface area contributed by atoms with E-state index in [2.05, 4.69) is 4.98 Å². The van der Waals surface area contributed by atoms with Crippen LogP contribution in [-0.2, 0) is 26.1 Å². The lowest BCUT2D eigenvalue weighted by atomic mass is 9.86. The zero-order valence-corrected chi connectivity index (χ0v) is 23.2. The first-order chi connectivity index (χ1) is 18.1. The molecular formula is C29H34N2O6S. The lowest BCUT2D eigenvalue weighted by molar-refractivity contribution is -0.143. The van der Waals surface area contributed by atoms with Crippen molar-refractivity contribution in [3.63, 3.8) is 0 Å². The van der Waals surface area contributed by atoms with Gasteiger partial charge in [-0.15, -0.1) is 0 Å². The molecule has 202 valence electrons. The van der Waals surface area contributed by atoms with E-state index in [4.69, 9.17) is 14.2 Å². The van der Waals surface area contributed by atoms with Crippen LogP contribution in [0.5, 0.6) is 11.5 Å². The third-order valence-corrected chi connectivity index (χ3v) is 8.62. The number of carbonyl (C=O) groups excluding carboxylic acids is 1. The number of aryl methyl sites for hydroxylation is 2. The van der Waals surface area contributed by atoms with Gasteiger partial charge >= 0.3 is 5.97 Å². The maximum Gasteiger partial charge on any atom is 0.306 e. The van der Waals surface area contributed by atoms with Gasteiger partial charge in [-0.2, -0.15) is 4.31 Å². The van der Waals surface area contributed by atoms with Crippen LogP contribution in [0.3, 0.4) is 0 Å². The highest BCUT2D eigenvalue weighted by molar-refractivity contribution is 7.89. The van der Waals surface area contributed by atoms with Gasteiger partial charge in [0.25, 0.3) is 0 Å². The Bertz CT molecular complexity index is 1420. The third-order valence-electron chi connectivity index (χ3n) is 6.77. The molecule has 38 heavy (non-hydrogen) atoms. The van der Waals surface area contributed by atoms with Crippen molar-refractivity contribution in [1.82, 2.24) is 9.29 Å². The van der Waals surface area contributed by atoms with Crippen LogP contribution in [0.25, 0.3) is 0 Å². The number of fused-ring (bicyclic) bond motifs is 1. The summed E-state index contributed by atoms with van der Waals surface area (Å²) < 4.78 is 45.3. The number of benzene rings is 2. The maximum atomic E-state index is 13.6. The van der Waals surface area contributed by atoms with Gasteiger partial charge < -0.3 is 14.2 Å². The Labute approximate surface area is 224 Å². The first-order valence-corrected chi connectivity index (χ1v) is 14.1. The molecule has 2 heterocycles. The van der Waals surface area contributed by atoms with Crippen LogP contribution >= 0.6 is 0 Å². The van der Waals surface area contributed by atoms with Gasteiger partial charge in [0.05, 0.1) is 32.9 Å². The molecule has 1 aromatic heterocycles. The predicted molar refractivity (Wildman–Crippen MR) is 144 cm³/mol. The topological polar surface area (TPSA) is 95.0 Å². The van der Waals surface area contributed by atoms with Gasteiger partial charge in [-0.3, -0.25) is 9.78 Å². The number of pyridine rings is 1. The number of hydrogen-bond donors (Lipinski definition) is 0. The summed E-state index contributed by atoms with van der Waals surface area (Å²) in [6, 6.07) is 14.5. The van der Waals surface area contributed by atoms with Gasteiger partial charge in [-0.25, -0.2) is 8.42 Å². The number of carbonyl (C=O) groups is 1. The second-order valence-corrected chi connectivity index (χ2v) is 11.4. The molecule has 1 aliphatic rings. The first-order valence-electron chi connectivity index (χ1n) is 12.7. The molecule has 1 aliphatic heterocycles. The number of ether oxygens (including phenoxy) is 3. The molecular weight excluding hydrogens is 504 g/mol. The van der Waals surface area contributed by atoms with Crippen molar-refractivity contribution in [1.29, 1.82) is 0 Å². The van der Waals surface area contributed by atoms with E-state index in [9.17, 15) is 13.2 Å². The summed E-state index contributed by atoms with van der Waals surface area (Å²) in [6.07, 6.45) is 1.44. The summed E-state index contributed by atoms with van der Waals surface area (Å²) in [7, 11) is -2.21. The number of methoxy groups -OCH3 is 1.